The van der Waals surface area contributed by atoms with Gasteiger partial charge in [0.15, 0.2) is 0 Å². The number of likely N-dealkylation sites (tertiary alicyclic amines) is 1. The van der Waals surface area contributed by atoms with Gasteiger partial charge in [-0.25, -0.2) is 4.39 Å². The number of rotatable bonds is 4. The topological polar surface area (TPSA) is 38.5 Å². The molecule has 106 valence electrons. The molecule has 3 atom stereocenters. The Morgan fingerprint density at radius 1 is 1.53 bits per heavy atom. The maximum absolute atomic E-state index is 13.3. The van der Waals surface area contributed by atoms with E-state index in [9.17, 15) is 4.39 Å². The lowest BCUT2D eigenvalue weighted by molar-refractivity contribution is -0.00168. The zero-order valence-corrected chi connectivity index (χ0v) is 11.7. The molecule has 1 heterocycles. The van der Waals surface area contributed by atoms with Crippen LogP contribution in [0.3, 0.4) is 0 Å². The number of nitrogens with zero attached hydrogens (tertiary/aromatic N) is 1. The molecule has 0 aliphatic carbocycles. The monoisotopic (exact) mass is 266 g/mol. The number of benzene rings is 1. The van der Waals surface area contributed by atoms with Crippen LogP contribution in [0, 0.1) is 5.82 Å². The standard InChI is InChI=1S/C15H23FN2O/c1-11(12-4-3-5-13(16)8-12)18-7-6-15(19-2)9-14(18)10-17/h3-5,8,11,14-15H,6-7,9-10,17H2,1-2H3. The van der Waals surface area contributed by atoms with Gasteiger partial charge in [-0.15, -0.1) is 0 Å². The Balaban J connectivity index is 2.11. The van der Waals surface area contributed by atoms with Crippen LogP contribution in [0.25, 0.3) is 0 Å². The van der Waals surface area contributed by atoms with E-state index >= 15 is 0 Å². The van der Waals surface area contributed by atoms with Crippen molar-refractivity contribution >= 4 is 0 Å². The smallest absolute Gasteiger partial charge is 0.123 e. The lowest BCUT2D eigenvalue weighted by atomic mass is 9.95. The van der Waals surface area contributed by atoms with Crippen molar-refractivity contribution in [3.63, 3.8) is 0 Å². The first-order chi connectivity index (χ1) is 9.15. The normalized spacial score (nSPS) is 26.3. The predicted molar refractivity (Wildman–Crippen MR) is 74.4 cm³/mol. The molecule has 2 rings (SSSR count). The van der Waals surface area contributed by atoms with E-state index in [2.05, 4.69) is 11.8 Å². The summed E-state index contributed by atoms with van der Waals surface area (Å²) in [4.78, 5) is 2.37. The van der Waals surface area contributed by atoms with E-state index in [4.69, 9.17) is 10.5 Å². The minimum atomic E-state index is -0.180. The molecule has 0 amide bonds. The summed E-state index contributed by atoms with van der Waals surface area (Å²) in [6.07, 6.45) is 2.25. The minimum Gasteiger partial charge on any atom is -0.381 e. The molecule has 0 aromatic heterocycles. The third kappa shape index (κ3) is 3.32. The molecule has 1 aromatic rings. The molecule has 3 nitrogen and oxygen atoms in total. The quantitative estimate of drug-likeness (QED) is 0.909. The molecule has 0 spiro atoms. The Morgan fingerprint density at radius 2 is 2.32 bits per heavy atom. The van der Waals surface area contributed by atoms with Gasteiger partial charge >= 0.3 is 0 Å². The molecule has 19 heavy (non-hydrogen) atoms. The molecular formula is C15H23FN2O. The molecule has 1 aliphatic heterocycles. The molecule has 1 saturated heterocycles. The summed E-state index contributed by atoms with van der Waals surface area (Å²) in [5, 5.41) is 0. The maximum atomic E-state index is 13.3. The fraction of sp³-hybridized carbons (Fsp3) is 0.600. The number of piperidine rings is 1. The van der Waals surface area contributed by atoms with Gasteiger partial charge in [0.1, 0.15) is 5.82 Å². The SMILES string of the molecule is COC1CCN(C(C)c2cccc(F)c2)C(CN)C1. The lowest BCUT2D eigenvalue weighted by Crippen LogP contribution is -2.49. The fourth-order valence-corrected chi connectivity index (χ4v) is 2.95. The molecule has 0 radical (unpaired) electrons. The summed E-state index contributed by atoms with van der Waals surface area (Å²) in [7, 11) is 1.75. The van der Waals surface area contributed by atoms with Crippen molar-refractivity contribution in [1.82, 2.24) is 4.90 Å². The third-order valence-electron chi connectivity index (χ3n) is 4.15. The van der Waals surface area contributed by atoms with E-state index in [0.717, 1.165) is 24.9 Å². The number of hydrogen-bond donors (Lipinski definition) is 1. The largest absolute Gasteiger partial charge is 0.381 e. The molecule has 4 heteroatoms. The summed E-state index contributed by atoms with van der Waals surface area (Å²) >= 11 is 0. The van der Waals surface area contributed by atoms with Gasteiger partial charge in [0.05, 0.1) is 6.10 Å². The second-order valence-electron chi connectivity index (χ2n) is 5.24. The summed E-state index contributed by atoms with van der Waals surface area (Å²) < 4.78 is 18.8. The van der Waals surface area contributed by atoms with Crippen molar-refractivity contribution in [3.8, 4) is 0 Å². The van der Waals surface area contributed by atoms with E-state index in [1.807, 2.05) is 6.07 Å². The van der Waals surface area contributed by atoms with Crippen molar-refractivity contribution < 1.29 is 9.13 Å². The molecule has 3 unspecified atom stereocenters. The van der Waals surface area contributed by atoms with E-state index in [1.54, 1.807) is 19.2 Å². The number of hydrogen-bond acceptors (Lipinski definition) is 3. The summed E-state index contributed by atoms with van der Waals surface area (Å²) in [6, 6.07) is 7.32. The van der Waals surface area contributed by atoms with Gasteiger partial charge in [0.2, 0.25) is 0 Å². The Hall–Kier alpha value is -0.970. The highest BCUT2D eigenvalue weighted by atomic mass is 19.1. The molecule has 1 aromatic carbocycles. The lowest BCUT2D eigenvalue weighted by Gasteiger charge is -2.42. The van der Waals surface area contributed by atoms with Crippen LogP contribution in [-0.2, 0) is 4.74 Å². The first-order valence-corrected chi connectivity index (χ1v) is 6.89. The first-order valence-electron chi connectivity index (χ1n) is 6.89. The number of halogens is 1. The Labute approximate surface area is 114 Å². The zero-order chi connectivity index (χ0) is 13.8. The van der Waals surface area contributed by atoms with Crippen LogP contribution in [0.15, 0.2) is 24.3 Å². The van der Waals surface area contributed by atoms with Crippen LogP contribution >= 0.6 is 0 Å². The van der Waals surface area contributed by atoms with E-state index < -0.39 is 0 Å². The van der Waals surface area contributed by atoms with Crippen LogP contribution in [0.1, 0.15) is 31.4 Å². The summed E-state index contributed by atoms with van der Waals surface area (Å²) in [5.74, 6) is -0.180. The van der Waals surface area contributed by atoms with Crippen molar-refractivity contribution in [2.24, 2.45) is 5.73 Å². The predicted octanol–water partition coefficient (Wildman–Crippen LogP) is 2.32. The van der Waals surface area contributed by atoms with Gasteiger partial charge < -0.3 is 10.5 Å². The van der Waals surface area contributed by atoms with Crippen LogP contribution in [0.2, 0.25) is 0 Å². The first kappa shape index (κ1) is 14.4. The highest BCUT2D eigenvalue weighted by molar-refractivity contribution is 5.20. The average Bonchev–Trinajstić information content (AvgIpc) is 2.45. The van der Waals surface area contributed by atoms with Crippen molar-refractivity contribution in [3.05, 3.63) is 35.6 Å². The summed E-state index contributed by atoms with van der Waals surface area (Å²) in [5.41, 5.74) is 6.89. The van der Waals surface area contributed by atoms with Crippen LogP contribution in [-0.4, -0.2) is 37.2 Å². The fourth-order valence-electron chi connectivity index (χ4n) is 2.95. The van der Waals surface area contributed by atoms with Crippen molar-refractivity contribution in [2.75, 3.05) is 20.2 Å². The van der Waals surface area contributed by atoms with Crippen LogP contribution in [0.4, 0.5) is 4.39 Å². The van der Waals surface area contributed by atoms with E-state index in [1.165, 1.54) is 6.07 Å². The summed E-state index contributed by atoms with van der Waals surface area (Å²) in [6.45, 7) is 3.67. The van der Waals surface area contributed by atoms with E-state index in [0.29, 0.717) is 18.7 Å². The molecule has 2 N–H and O–H groups in total. The number of nitrogens with two attached hydrogens (primary N) is 1. The molecule has 0 bridgehead atoms. The minimum absolute atomic E-state index is 0.180. The number of ether oxygens (including phenoxy) is 1. The van der Waals surface area contributed by atoms with Gasteiger partial charge in [-0.2, -0.15) is 0 Å². The Morgan fingerprint density at radius 3 is 2.95 bits per heavy atom. The maximum Gasteiger partial charge on any atom is 0.123 e. The van der Waals surface area contributed by atoms with E-state index in [-0.39, 0.29) is 11.9 Å². The van der Waals surface area contributed by atoms with Gasteiger partial charge in [0, 0.05) is 32.3 Å². The second kappa shape index (κ2) is 6.46. The van der Waals surface area contributed by atoms with Crippen molar-refractivity contribution in [1.29, 1.82) is 0 Å². The second-order valence-corrected chi connectivity index (χ2v) is 5.24. The van der Waals surface area contributed by atoms with Crippen LogP contribution in [0.5, 0.6) is 0 Å². The molecule has 0 saturated carbocycles. The van der Waals surface area contributed by atoms with Gasteiger partial charge in [-0.05, 0) is 37.5 Å². The highest BCUT2D eigenvalue weighted by Gasteiger charge is 2.31. The molecular weight excluding hydrogens is 243 g/mol. The van der Waals surface area contributed by atoms with Gasteiger partial charge in [-0.1, -0.05) is 12.1 Å². The Bertz CT molecular complexity index is 413. The number of methoxy groups -OCH3 is 1. The molecule has 1 aliphatic rings. The van der Waals surface area contributed by atoms with Gasteiger partial charge in [-0.3, -0.25) is 4.90 Å². The zero-order valence-electron chi connectivity index (χ0n) is 11.7. The molecule has 1 fully saturated rings. The van der Waals surface area contributed by atoms with Crippen molar-refractivity contribution in [2.45, 2.75) is 38.0 Å². The third-order valence-corrected chi connectivity index (χ3v) is 4.15. The average molecular weight is 266 g/mol. The Kier molecular flexibility index (Phi) is 4.91. The van der Waals surface area contributed by atoms with Crippen LogP contribution < -0.4 is 5.73 Å². The highest BCUT2D eigenvalue weighted by Crippen LogP contribution is 2.29. The van der Waals surface area contributed by atoms with Gasteiger partial charge in [0.25, 0.3) is 0 Å².